The number of rotatable bonds is 6. The molecule has 2 aromatic carbocycles. The van der Waals surface area contributed by atoms with Crippen molar-refractivity contribution in [2.75, 3.05) is 18.4 Å². The number of piperidine rings is 1. The van der Waals surface area contributed by atoms with E-state index in [0.29, 0.717) is 25.3 Å². The average Bonchev–Trinajstić information content (AvgIpc) is 2.74. The zero-order valence-electron chi connectivity index (χ0n) is 17.4. The second-order valence-electron chi connectivity index (χ2n) is 7.94. The predicted molar refractivity (Wildman–Crippen MR) is 116 cm³/mol. The molecule has 1 heterocycles. The van der Waals surface area contributed by atoms with Crippen molar-refractivity contribution in [1.82, 2.24) is 4.31 Å². The van der Waals surface area contributed by atoms with Crippen LogP contribution < -0.4 is 5.32 Å². The normalized spacial score (nSPS) is 18.9. The quantitative estimate of drug-likeness (QED) is 0.754. The van der Waals surface area contributed by atoms with Crippen LogP contribution in [-0.4, -0.2) is 31.7 Å². The summed E-state index contributed by atoms with van der Waals surface area (Å²) in [7, 11) is -3.58. The van der Waals surface area contributed by atoms with Gasteiger partial charge in [0.05, 0.1) is 10.8 Å². The van der Waals surface area contributed by atoms with Crippen molar-refractivity contribution in [3.05, 3.63) is 59.7 Å². The molecule has 0 unspecified atom stereocenters. The van der Waals surface area contributed by atoms with E-state index in [1.165, 1.54) is 9.87 Å². The van der Waals surface area contributed by atoms with Gasteiger partial charge >= 0.3 is 0 Å². The number of hydrogen-bond donors (Lipinski definition) is 1. The SMILES string of the molecule is CC[C@@H](C)c1ccc(NC(=O)[C@@H]2CCCN(S(=O)(=O)c3ccc(C)cc3)C2)cc1. The Morgan fingerprint density at radius 3 is 2.41 bits per heavy atom. The van der Waals surface area contributed by atoms with Gasteiger partial charge in [-0.25, -0.2) is 8.42 Å². The summed E-state index contributed by atoms with van der Waals surface area (Å²) in [5, 5.41) is 2.95. The van der Waals surface area contributed by atoms with E-state index >= 15 is 0 Å². The number of anilines is 1. The first-order valence-electron chi connectivity index (χ1n) is 10.3. The van der Waals surface area contributed by atoms with Crippen LogP contribution in [0.3, 0.4) is 0 Å². The molecule has 2 aromatic rings. The zero-order valence-corrected chi connectivity index (χ0v) is 18.2. The van der Waals surface area contributed by atoms with E-state index in [-0.39, 0.29) is 23.3 Å². The van der Waals surface area contributed by atoms with Crippen molar-refractivity contribution >= 4 is 21.6 Å². The summed E-state index contributed by atoms with van der Waals surface area (Å²) in [6.45, 7) is 6.92. The minimum absolute atomic E-state index is 0.120. The van der Waals surface area contributed by atoms with Crippen LogP contribution in [-0.2, 0) is 14.8 Å². The molecule has 0 aliphatic carbocycles. The Kier molecular flexibility index (Phi) is 6.75. The van der Waals surface area contributed by atoms with Gasteiger partial charge in [-0.3, -0.25) is 4.79 Å². The standard InChI is InChI=1S/C23H30N2O3S/c1-4-18(3)19-9-11-21(12-10-19)24-23(26)20-6-5-15-25(16-20)29(27,28)22-13-7-17(2)8-14-22/h7-14,18,20H,4-6,15-16H2,1-3H3,(H,24,26)/t18-,20-/m1/s1. The van der Waals surface area contributed by atoms with Crippen molar-refractivity contribution in [3.63, 3.8) is 0 Å². The Hall–Kier alpha value is -2.18. The van der Waals surface area contributed by atoms with Crippen molar-refractivity contribution in [1.29, 1.82) is 0 Å². The summed E-state index contributed by atoms with van der Waals surface area (Å²) < 4.78 is 27.3. The molecule has 1 saturated heterocycles. The van der Waals surface area contributed by atoms with Gasteiger partial charge in [0.25, 0.3) is 0 Å². The van der Waals surface area contributed by atoms with E-state index in [1.807, 2.05) is 31.2 Å². The molecule has 1 fully saturated rings. The second-order valence-corrected chi connectivity index (χ2v) is 9.87. The summed E-state index contributed by atoms with van der Waals surface area (Å²) in [5.41, 5.74) is 3.01. The van der Waals surface area contributed by atoms with E-state index in [9.17, 15) is 13.2 Å². The molecular weight excluding hydrogens is 384 g/mol. The smallest absolute Gasteiger partial charge is 0.243 e. The molecule has 0 radical (unpaired) electrons. The van der Waals surface area contributed by atoms with E-state index in [2.05, 4.69) is 19.2 Å². The van der Waals surface area contributed by atoms with Crippen LogP contribution in [0.25, 0.3) is 0 Å². The lowest BCUT2D eigenvalue weighted by atomic mass is 9.97. The number of amides is 1. The molecule has 29 heavy (non-hydrogen) atoms. The molecule has 1 aliphatic rings. The highest BCUT2D eigenvalue weighted by molar-refractivity contribution is 7.89. The van der Waals surface area contributed by atoms with Crippen LogP contribution in [0.5, 0.6) is 0 Å². The predicted octanol–water partition coefficient (Wildman–Crippen LogP) is 4.55. The van der Waals surface area contributed by atoms with Crippen molar-refractivity contribution in [2.24, 2.45) is 5.92 Å². The molecule has 0 bridgehead atoms. The van der Waals surface area contributed by atoms with E-state index < -0.39 is 10.0 Å². The molecule has 5 nitrogen and oxygen atoms in total. The zero-order chi connectivity index (χ0) is 21.0. The van der Waals surface area contributed by atoms with Gasteiger partial charge in [0.2, 0.25) is 15.9 Å². The monoisotopic (exact) mass is 414 g/mol. The molecule has 0 spiro atoms. The van der Waals surface area contributed by atoms with Crippen LogP contribution >= 0.6 is 0 Å². The van der Waals surface area contributed by atoms with Gasteiger partial charge in [0, 0.05) is 18.8 Å². The van der Waals surface area contributed by atoms with E-state index in [4.69, 9.17) is 0 Å². The average molecular weight is 415 g/mol. The van der Waals surface area contributed by atoms with Gasteiger partial charge < -0.3 is 5.32 Å². The topological polar surface area (TPSA) is 66.5 Å². The first-order chi connectivity index (χ1) is 13.8. The molecular formula is C23H30N2O3S. The third-order valence-electron chi connectivity index (χ3n) is 5.77. The Morgan fingerprint density at radius 1 is 1.14 bits per heavy atom. The summed E-state index contributed by atoms with van der Waals surface area (Å²) in [6.07, 6.45) is 2.44. The maximum Gasteiger partial charge on any atom is 0.243 e. The Balaban J connectivity index is 1.67. The first kappa shape index (κ1) is 21.5. The lowest BCUT2D eigenvalue weighted by molar-refractivity contribution is -0.120. The number of carbonyl (C=O) groups excluding carboxylic acids is 1. The van der Waals surface area contributed by atoms with E-state index in [0.717, 1.165) is 17.7 Å². The highest BCUT2D eigenvalue weighted by Crippen LogP contribution is 2.26. The highest BCUT2D eigenvalue weighted by Gasteiger charge is 2.33. The number of nitrogens with one attached hydrogen (secondary N) is 1. The Bertz CT molecular complexity index is 937. The summed E-state index contributed by atoms with van der Waals surface area (Å²) in [4.78, 5) is 13.0. The third-order valence-corrected chi connectivity index (χ3v) is 7.65. The number of nitrogens with zero attached hydrogens (tertiary/aromatic N) is 1. The number of carbonyl (C=O) groups is 1. The van der Waals surface area contributed by atoms with Crippen molar-refractivity contribution in [3.8, 4) is 0 Å². The fourth-order valence-electron chi connectivity index (χ4n) is 3.61. The lowest BCUT2D eigenvalue weighted by Crippen LogP contribution is -2.43. The minimum atomic E-state index is -3.58. The van der Waals surface area contributed by atoms with Crippen LogP contribution in [0, 0.1) is 12.8 Å². The maximum absolute atomic E-state index is 12.9. The molecule has 0 aromatic heterocycles. The molecule has 6 heteroatoms. The minimum Gasteiger partial charge on any atom is -0.326 e. The van der Waals surface area contributed by atoms with Gasteiger partial charge in [0.1, 0.15) is 0 Å². The fourth-order valence-corrected chi connectivity index (χ4v) is 5.13. The highest BCUT2D eigenvalue weighted by atomic mass is 32.2. The number of benzene rings is 2. The molecule has 3 rings (SSSR count). The summed E-state index contributed by atoms with van der Waals surface area (Å²) in [5.74, 6) is 0.0157. The van der Waals surface area contributed by atoms with Gasteiger partial charge in [0.15, 0.2) is 0 Å². The van der Waals surface area contributed by atoms with Crippen LogP contribution in [0.1, 0.15) is 50.2 Å². The third kappa shape index (κ3) is 5.06. The van der Waals surface area contributed by atoms with Crippen molar-refractivity contribution < 1.29 is 13.2 Å². The van der Waals surface area contributed by atoms with E-state index in [1.54, 1.807) is 24.3 Å². The second kappa shape index (κ2) is 9.09. The number of sulfonamides is 1. The summed E-state index contributed by atoms with van der Waals surface area (Å²) in [6, 6.07) is 14.8. The molecule has 2 atom stereocenters. The molecule has 0 saturated carbocycles. The Morgan fingerprint density at radius 2 is 1.79 bits per heavy atom. The largest absolute Gasteiger partial charge is 0.326 e. The van der Waals surface area contributed by atoms with Crippen molar-refractivity contribution in [2.45, 2.75) is 50.8 Å². The lowest BCUT2D eigenvalue weighted by Gasteiger charge is -2.31. The van der Waals surface area contributed by atoms with Gasteiger partial charge in [-0.15, -0.1) is 0 Å². The molecule has 1 amide bonds. The van der Waals surface area contributed by atoms with Gasteiger partial charge in [-0.2, -0.15) is 4.31 Å². The fraction of sp³-hybridized carbons (Fsp3) is 0.435. The molecule has 1 aliphatic heterocycles. The summed E-state index contributed by atoms with van der Waals surface area (Å²) >= 11 is 0. The van der Waals surface area contributed by atoms with Gasteiger partial charge in [-0.05, 0) is 61.9 Å². The molecule has 1 N–H and O–H groups in total. The van der Waals surface area contributed by atoms with Crippen LogP contribution in [0.2, 0.25) is 0 Å². The van der Waals surface area contributed by atoms with Crippen LogP contribution in [0.4, 0.5) is 5.69 Å². The number of aryl methyl sites for hydroxylation is 1. The maximum atomic E-state index is 12.9. The number of hydrogen-bond acceptors (Lipinski definition) is 3. The molecule has 156 valence electrons. The van der Waals surface area contributed by atoms with Gasteiger partial charge in [-0.1, -0.05) is 43.7 Å². The Labute approximate surface area is 174 Å². The first-order valence-corrected chi connectivity index (χ1v) is 11.7. The van der Waals surface area contributed by atoms with Crippen LogP contribution in [0.15, 0.2) is 53.4 Å².